The van der Waals surface area contributed by atoms with E-state index in [2.05, 4.69) is 20.6 Å². The summed E-state index contributed by atoms with van der Waals surface area (Å²) in [5.74, 6) is 0.124. The predicted molar refractivity (Wildman–Crippen MR) is 98.2 cm³/mol. The molecule has 2 fully saturated rings. The molecule has 1 aliphatic carbocycles. The molecular formula is C18H28F3N6O+. The number of nitrogens with one attached hydrogen (secondary N) is 3. The van der Waals surface area contributed by atoms with Gasteiger partial charge >= 0.3 is 12.2 Å². The Balaban J connectivity index is 1.37. The van der Waals surface area contributed by atoms with Crippen LogP contribution in [0, 0.1) is 0 Å². The highest BCUT2D eigenvalue weighted by atomic mass is 19.4. The minimum atomic E-state index is -4.46. The van der Waals surface area contributed by atoms with E-state index < -0.39 is 11.9 Å². The minimum Gasteiger partial charge on any atom is -0.335 e. The highest BCUT2D eigenvalue weighted by Crippen LogP contribution is 2.28. The van der Waals surface area contributed by atoms with Crippen LogP contribution in [0.2, 0.25) is 0 Å². The van der Waals surface area contributed by atoms with E-state index in [-0.39, 0.29) is 18.0 Å². The molecule has 2 amide bonds. The largest absolute Gasteiger partial charge is 0.433 e. The van der Waals surface area contributed by atoms with E-state index in [0.717, 1.165) is 44.7 Å². The van der Waals surface area contributed by atoms with Crippen LogP contribution in [0.5, 0.6) is 0 Å². The van der Waals surface area contributed by atoms with E-state index in [1.165, 1.54) is 24.2 Å². The molecule has 1 aromatic rings. The molecule has 0 radical (unpaired) electrons. The fourth-order valence-corrected chi connectivity index (χ4v) is 3.77. The molecule has 0 spiro atoms. The summed E-state index contributed by atoms with van der Waals surface area (Å²) in [6.45, 7) is 4.08. The molecule has 0 atom stereocenters. The monoisotopic (exact) mass is 401 g/mol. The zero-order valence-corrected chi connectivity index (χ0v) is 15.9. The molecule has 1 aliphatic heterocycles. The molecular weight excluding hydrogens is 373 g/mol. The Morgan fingerprint density at radius 2 is 1.93 bits per heavy atom. The first-order valence-electron chi connectivity index (χ1n) is 9.95. The van der Waals surface area contributed by atoms with Gasteiger partial charge in [-0.05, 0) is 18.9 Å². The maximum Gasteiger partial charge on any atom is 0.433 e. The second-order valence-corrected chi connectivity index (χ2v) is 7.46. The standard InChI is InChI=1S/C18H27F3N6O/c19-18(20,21)15-6-7-22-16(25-15)27-12-10-26(11-13-27)9-8-23-17(28)24-14-4-2-1-3-5-14/h6-7,14H,1-5,8-13H2,(H2,23,24,28)/p+1. The van der Waals surface area contributed by atoms with Crippen molar-refractivity contribution in [3.05, 3.63) is 18.0 Å². The van der Waals surface area contributed by atoms with Crippen molar-refractivity contribution in [1.82, 2.24) is 20.6 Å². The van der Waals surface area contributed by atoms with Crippen LogP contribution in [0.4, 0.5) is 23.9 Å². The summed E-state index contributed by atoms with van der Waals surface area (Å²) in [4.78, 5) is 22.7. The van der Waals surface area contributed by atoms with Crippen molar-refractivity contribution in [2.24, 2.45) is 0 Å². The minimum absolute atomic E-state index is 0.109. The van der Waals surface area contributed by atoms with Gasteiger partial charge in [0.25, 0.3) is 0 Å². The normalized spacial score (nSPS) is 19.5. The third-order valence-electron chi connectivity index (χ3n) is 5.39. The molecule has 28 heavy (non-hydrogen) atoms. The van der Waals surface area contributed by atoms with Crippen molar-refractivity contribution in [2.45, 2.75) is 44.3 Å². The van der Waals surface area contributed by atoms with E-state index in [4.69, 9.17) is 0 Å². The first kappa shape index (κ1) is 20.6. The molecule has 3 rings (SSSR count). The van der Waals surface area contributed by atoms with Crippen LogP contribution in [-0.4, -0.2) is 61.3 Å². The maximum atomic E-state index is 12.8. The summed E-state index contributed by atoms with van der Waals surface area (Å²) in [6.07, 6.45) is 2.40. The number of carbonyl (C=O) groups excluding carboxylic acids is 1. The van der Waals surface area contributed by atoms with Crippen LogP contribution in [0.25, 0.3) is 0 Å². The van der Waals surface area contributed by atoms with E-state index >= 15 is 0 Å². The van der Waals surface area contributed by atoms with E-state index in [0.29, 0.717) is 19.6 Å². The molecule has 10 heteroatoms. The number of hydrogen-bond acceptors (Lipinski definition) is 4. The lowest BCUT2D eigenvalue weighted by atomic mass is 9.96. The summed E-state index contributed by atoms with van der Waals surface area (Å²) in [7, 11) is 0. The van der Waals surface area contributed by atoms with Gasteiger partial charge in [0.05, 0.1) is 39.3 Å². The number of quaternary nitrogens is 1. The zero-order valence-electron chi connectivity index (χ0n) is 15.9. The summed E-state index contributed by atoms with van der Waals surface area (Å²) in [5.41, 5.74) is -0.916. The number of urea groups is 1. The smallest absolute Gasteiger partial charge is 0.335 e. The topological polar surface area (TPSA) is 74.6 Å². The van der Waals surface area contributed by atoms with Gasteiger partial charge in [0.1, 0.15) is 5.69 Å². The first-order valence-corrected chi connectivity index (χ1v) is 9.95. The van der Waals surface area contributed by atoms with Gasteiger partial charge in [-0.15, -0.1) is 0 Å². The molecule has 0 aromatic carbocycles. The lowest BCUT2D eigenvalue weighted by molar-refractivity contribution is -0.899. The van der Waals surface area contributed by atoms with Gasteiger partial charge in [-0.1, -0.05) is 19.3 Å². The lowest BCUT2D eigenvalue weighted by Gasteiger charge is -2.32. The summed E-state index contributed by atoms with van der Waals surface area (Å²) in [6, 6.07) is 1.06. The fourth-order valence-electron chi connectivity index (χ4n) is 3.77. The SMILES string of the molecule is O=C(NCC[NH+]1CCN(c2nccc(C(F)(F)F)n2)CC1)NC1CCCCC1. The molecule has 2 heterocycles. The predicted octanol–water partition coefficient (Wildman–Crippen LogP) is 0.832. The van der Waals surface area contributed by atoms with Gasteiger partial charge < -0.3 is 20.4 Å². The van der Waals surface area contributed by atoms with E-state index in [9.17, 15) is 18.0 Å². The maximum absolute atomic E-state index is 12.8. The Morgan fingerprint density at radius 1 is 1.21 bits per heavy atom. The van der Waals surface area contributed by atoms with Crippen LogP contribution in [-0.2, 0) is 6.18 Å². The number of amides is 2. The number of alkyl halides is 3. The molecule has 7 nitrogen and oxygen atoms in total. The summed E-state index contributed by atoms with van der Waals surface area (Å²) >= 11 is 0. The second kappa shape index (κ2) is 9.40. The van der Waals surface area contributed by atoms with Crippen molar-refractivity contribution in [1.29, 1.82) is 0 Å². The highest BCUT2D eigenvalue weighted by molar-refractivity contribution is 5.74. The van der Waals surface area contributed by atoms with Crippen molar-refractivity contribution in [2.75, 3.05) is 44.2 Å². The van der Waals surface area contributed by atoms with Crippen LogP contribution in [0.1, 0.15) is 37.8 Å². The van der Waals surface area contributed by atoms with Gasteiger partial charge in [0.2, 0.25) is 5.95 Å². The molecule has 1 aromatic heterocycles. The summed E-state index contributed by atoms with van der Waals surface area (Å²) < 4.78 is 38.4. The molecule has 1 saturated carbocycles. The first-order chi connectivity index (χ1) is 13.4. The van der Waals surface area contributed by atoms with Crippen LogP contribution >= 0.6 is 0 Å². The van der Waals surface area contributed by atoms with Crippen molar-refractivity contribution < 1.29 is 22.9 Å². The Bertz CT molecular complexity index is 642. The number of carbonyl (C=O) groups is 1. The second-order valence-electron chi connectivity index (χ2n) is 7.46. The highest BCUT2D eigenvalue weighted by Gasteiger charge is 2.33. The summed E-state index contributed by atoms with van der Waals surface area (Å²) in [5, 5.41) is 5.94. The Labute approximate surface area is 162 Å². The average Bonchev–Trinajstić information content (AvgIpc) is 2.69. The number of halogens is 3. The number of rotatable bonds is 5. The third-order valence-corrected chi connectivity index (χ3v) is 5.39. The van der Waals surface area contributed by atoms with Crippen LogP contribution in [0.3, 0.4) is 0 Å². The van der Waals surface area contributed by atoms with Gasteiger partial charge in [0.15, 0.2) is 0 Å². The number of piperazine rings is 1. The van der Waals surface area contributed by atoms with Crippen molar-refractivity contribution in [3.63, 3.8) is 0 Å². The number of hydrogen-bond donors (Lipinski definition) is 3. The molecule has 0 unspecified atom stereocenters. The lowest BCUT2D eigenvalue weighted by Crippen LogP contribution is -3.15. The van der Waals surface area contributed by atoms with Gasteiger partial charge in [-0.2, -0.15) is 13.2 Å². The fraction of sp³-hybridized carbons (Fsp3) is 0.722. The Hall–Kier alpha value is -2.10. The van der Waals surface area contributed by atoms with Gasteiger partial charge in [-0.3, -0.25) is 0 Å². The average molecular weight is 401 g/mol. The third kappa shape index (κ3) is 5.95. The van der Waals surface area contributed by atoms with Gasteiger partial charge in [-0.25, -0.2) is 14.8 Å². The zero-order chi connectivity index (χ0) is 20.0. The molecule has 0 bridgehead atoms. The van der Waals surface area contributed by atoms with Crippen molar-refractivity contribution in [3.8, 4) is 0 Å². The van der Waals surface area contributed by atoms with Gasteiger partial charge in [0, 0.05) is 12.2 Å². The molecule has 1 saturated heterocycles. The Kier molecular flexibility index (Phi) is 6.93. The number of nitrogens with zero attached hydrogens (tertiary/aromatic N) is 3. The van der Waals surface area contributed by atoms with Crippen LogP contribution < -0.4 is 20.4 Å². The van der Waals surface area contributed by atoms with E-state index in [1.807, 2.05) is 0 Å². The number of anilines is 1. The van der Waals surface area contributed by atoms with E-state index in [1.54, 1.807) is 4.90 Å². The number of aromatic nitrogens is 2. The van der Waals surface area contributed by atoms with Crippen molar-refractivity contribution >= 4 is 12.0 Å². The quantitative estimate of drug-likeness (QED) is 0.684. The molecule has 2 aliphatic rings. The molecule has 156 valence electrons. The van der Waals surface area contributed by atoms with Crippen LogP contribution in [0.15, 0.2) is 12.3 Å². The molecule has 3 N–H and O–H groups in total. The Morgan fingerprint density at radius 3 is 2.61 bits per heavy atom.